The van der Waals surface area contributed by atoms with E-state index in [0.717, 1.165) is 28.2 Å². The number of hydrogen-bond acceptors (Lipinski definition) is 5. The molecule has 0 bridgehead atoms. The van der Waals surface area contributed by atoms with Crippen LogP contribution in [0.1, 0.15) is 31.5 Å². The van der Waals surface area contributed by atoms with Crippen molar-refractivity contribution in [1.29, 1.82) is 0 Å². The molecule has 1 saturated carbocycles. The van der Waals surface area contributed by atoms with Crippen molar-refractivity contribution >= 4 is 29.2 Å². The van der Waals surface area contributed by atoms with Crippen molar-refractivity contribution in [2.24, 2.45) is 0 Å². The van der Waals surface area contributed by atoms with Gasteiger partial charge in [0.15, 0.2) is 0 Å². The second kappa shape index (κ2) is 5.97. The van der Waals surface area contributed by atoms with Crippen LogP contribution in [0.2, 0.25) is 5.02 Å². The zero-order valence-electron chi connectivity index (χ0n) is 11.1. The van der Waals surface area contributed by atoms with Gasteiger partial charge in [0.25, 0.3) is 0 Å². The number of nitrogens with zero attached hydrogens (tertiary/aromatic N) is 3. The van der Waals surface area contributed by atoms with Crippen LogP contribution in [0, 0.1) is 0 Å². The quantitative estimate of drug-likeness (QED) is 0.847. The minimum absolute atomic E-state index is 0.533. The molecule has 0 aliphatic heterocycles. The second-order valence-corrected chi connectivity index (χ2v) is 6.15. The van der Waals surface area contributed by atoms with Crippen LogP contribution in [0.4, 0.5) is 5.82 Å². The van der Waals surface area contributed by atoms with Gasteiger partial charge in [0.2, 0.25) is 0 Å². The van der Waals surface area contributed by atoms with E-state index in [1.165, 1.54) is 24.6 Å². The number of aromatic nitrogens is 3. The van der Waals surface area contributed by atoms with E-state index in [4.69, 9.17) is 11.6 Å². The third kappa shape index (κ3) is 3.41. The highest BCUT2D eigenvalue weighted by atomic mass is 35.5. The van der Waals surface area contributed by atoms with Gasteiger partial charge in [0.1, 0.15) is 21.7 Å². The normalized spacial score (nSPS) is 14.3. The first-order valence-corrected chi connectivity index (χ1v) is 7.86. The molecule has 2 aromatic rings. The molecule has 4 nitrogen and oxygen atoms in total. The SMILES string of the molecule is CCNc1cc(Sc2ccc(Cl)cn2)nc(C2CC2)n1. The Bertz CT molecular complexity index is 599. The maximum atomic E-state index is 5.85. The Morgan fingerprint density at radius 2 is 2.15 bits per heavy atom. The van der Waals surface area contributed by atoms with Gasteiger partial charge in [-0.3, -0.25) is 0 Å². The molecule has 1 aliphatic carbocycles. The fourth-order valence-electron chi connectivity index (χ4n) is 1.82. The monoisotopic (exact) mass is 306 g/mol. The number of anilines is 1. The highest BCUT2D eigenvalue weighted by Gasteiger charge is 2.27. The molecule has 104 valence electrons. The van der Waals surface area contributed by atoms with Gasteiger partial charge in [-0.15, -0.1) is 0 Å². The summed E-state index contributed by atoms with van der Waals surface area (Å²) in [5.74, 6) is 2.37. The van der Waals surface area contributed by atoms with E-state index in [2.05, 4.69) is 27.2 Å². The van der Waals surface area contributed by atoms with Crippen LogP contribution in [0.15, 0.2) is 34.4 Å². The molecular weight excluding hydrogens is 292 g/mol. The molecule has 3 rings (SSSR count). The van der Waals surface area contributed by atoms with Gasteiger partial charge in [-0.1, -0.05) is 11.6 Å². The van der Waals surface area contributed by atoms with Gasteiger partial charge in [-0.2, -0.15) is 0 Å². The van der Waals surface area contributed by atoms with E-state index in [-0.39, 0.29) is 0 Å². The van der Waals surface area contributed by atoms with Gasteiger partial charge in [0.05, 0.1) is 5.02 Å². The molecule has 0 unspecified atom stereocenters. The van der Waals surface area contributed by atoms with Crippen molar-refractivity contribution in [3.05, 3.63) is 35.2 Å². The number of halogens is 1. The standard InChI is InChI=1S/C14H15ClN4S/c1-2-16-11-7-13(19-14(18-11)9-3-4-9)20-12-6-5-10(15)8-17-12/h5-9H,2-4H2,1H3,(H,16,18,19). The molecule has 0 saturated heterocycles. The zero-order chi connectivity index (χ0) is 13.9. The summed E-state index contributed by atoms with van der Waals surface area (Å²) in [7, 11) is 0. The lowest BCUT2D eigenvalue weighted by molar-refractivity contribution is 0.875. The van der Waals surface area contributed by atoms with Gasteiger partial charge in [0, 0.05) is 24.7 Å². The summed E-state index contributed by atoms with van der Waals surface area (Å²) in [6, 6.07) is 5.71. The summed E-state index contributed by atoms with van der Waals surface area (Å²) in [6.07, 6.45) is 4.04. The number of pyridine rings is 1. The van der Waals surface area contributed by atoms with E-state index in [1.54, 1.807) is 6.20 Å². The third-order valence-electron chi connectivity index (χ3n) is 2.93. The lowest BCUT2D eigenvalue weighted by atomic mass is 10.4. The Morgan fingerprint density at radius 1 is 1.30 bits per heavy atom. The topological polar surface area (TPSA) is 50.7 Å². The van der Waals surface area contributed by atoms with Crippen LogP contribution in [0.3, 0.4) is 0 Å². The first-order chi connectivity index (χ1) is 9.74. The summed E-state index contributed by atoms with van der Waals surface area (Å²) in [5.41, 5.74) is 0. The van der Waals surface area contributed by atoms with Crippen LogP contribution in [0.5, 0.6) is 0 Å². The Morgan fingerprint density at radius 3 is 2.80 bits per heavy atom. The first-order valence-electron chi connectivity index (χ1n) is 6.67. The van der Waals surface area contributed by atoms with Crippen molar-refractivity contribution in [1.82, 2.24) is 15.0 Å². The third-order valence-corrected chi connectivity index (χ3v) is 4.02. The summed E-state index contributed by atoms with van der Waals surface area (Å²) in [4.78, 5) is 13.5. The summed E-state index contributed by atoms with van der Waals surface area (Å²) in [6.45, 7) is 2.91. The Balaban J connectivity index is 1.85. The largest absolute Gasteiger partial charge is 0.370 e. The van der Waals surface area contributed by atoms with Crippen molar-refractivity contribution in [2.45, 2.75) is 35.7 Å². The number of rotatable bonds is 5. The Kier molecular flexibility index (Phi) is 4.08. The van der Waals surface area contributed by atoms with Gasteiger partial charge >= 0.3 is 0 Å². The number of hydrogen-bond donors (Lipinski definition) is 1. The van der Waals surface area contributed by atoms with Gasteiger partial charge in [-0.05, 0) is 43.7 Å². The van der Waals surface area contributed by atoms with E-state index >= 15 is 0 Å². The van der Waals surface area contributed by atoms with Crippen LogP contribution < -0.4 is 5.32 Å². The molecule has 2 aromatic heterocycles. The van der Waals surface area contributed by atoms with Gasteiger partial charge in [-0.25, -0.2) is 15.0 Å². The van der Waals surface area contributed by atoms with E-state index in [0.29, 0.717) is 10.9 Å². The maximum absolute atomic E-state index is 5.85. The fraction of sp³-hybridized carbons (Fsp3) is 0.357. The molecule has 6 heteroatoms. The molecule has 1 fully saturated rings. The van der Waals surface area contributed by atoms with Crippen LogP contribution in [-0.4, -0.2) is 21.5 Å². The summed E-state index contributed by atoms with van der Waals surface area (Å²) < 4.78 is 0. The predicted molar refractivity (Wildman–Crippen MR) is 81.5 cm³/mol. The Labute approximate surface area is 127 Å². The molecule has 2 heterocycles. The lowest BCUT2D eigenvalue weighted by Gasteiger charge is -2.08. The molecule has 0 radical (unpaired) electrons. The maximum Gasteiger partial charge on any atom is 0.135 e. The van der Waals surface area contributed by atoms with Gasteiger partial charge < -0.3 is 5.32 Å². The van der Waals surface area contributed by atoms with E-state index in [1.807, 2.05) is 18.2 Å². The van der Waals surface area contributed by atoms with E-state index < -0.39 is 0 Å². The van der Waals surface area contributed by atoms with Crippen molar-refractivity contribution < 1.29 is 0 Å². The molecule has 0 amide bonds. The Hall–Kier alpha value is -1.33. The zero-order valence-corrected chi connectivity index (χ0v) is 12.7. The molecule has 20 heavy (non-hydrogen) atoms. The molecule has 0 spiro atoms. The lowest BCUT2D eigenvalue weighted by Crippen LogP contribution is -2.03. The van der Waals surface area contributed by atoms with Crippen molar-refractivity contribution in [3.63, 3.8) is 0 Å². The molecule has 0 aromatic carbocycles. The van der Waals surface area contributed by atoms with Crippen molar-refractivity contribution in [3.8, 4) is 0 Å². The second-order valence-electron chi connectivity index (χ2n) is 4.67. The van der Waals surface area contributed by atoms with Crippen LogP contribution in [-0.2, 0) is 0 Å². The summed E-state index contributed by atoms with van der Waals surface area (Å²) in [5, 5.41) is 5.71. The molecular formula is C14H15ClN4S. The van der Waals surface area contributed by atoms with Crippen LogP contribution in [0.25, 0.3) is 0 Å². The predicted octanol–water partition coefficient (Wildman–Crippen LogP) is 3.99. The molecule has 1 aliphatic rings. The minimum Gasteiger partial charge on any atom is -0.370 e. The first kappa shape index (κ1) is 13.6. The summed E-state index contributed by atoms with van der Waals surface area (Å²) >= 11 is 7.38. The van der Waals surface area contributed by atoms with Crippen molar-refractivity contribution in [2.75, 3.05) is 11.9 Å². The fourth-order valence-corrected chi connectivity index (χ4v) is 2.70. The number of nitrogens with one attached hydrogen (secondary N) is 1. The highest BCUT2D eigenvalue weighted by Crippen LogP contribution is 2.39. The molecule has 0 atom stereocenters. The van der Waals surface area contributed by atoms with Crippen LogP contribution >= 0.6 is 23.4 Å². The average Bonchev–Trinajstić information content (AvgIpc) is 3.26. The minimum atomic E-state index is 0.533. The highest BCUT2D eigenvalue weighted by molar-refractivity contribution is 7.99. The molecule has 1 N–H and O–H groups in total. The van der Waals surface area contributed by atoms with E-state index in [9.17, 15) is 0 Å². The average molecular weight is 307 g/mol. The smallest absolute Gasteiger partial charge is 0.135 e.